The van der Waals surface area contributed by atoms with Crippen LogP contribution in [0.3, 0.4) is 0 Å². The topological polar surface area (TPSA) is 26.0 Å². The number of hydrogen-bond donors (Lipinski definition) is 1. The third kappa shape index (κ3) is 3.82. The van der Waals surface area contributed by atoms with Gasteiger partial charge in [0.15, 0.2) is 0 Å². The van der Waals surface area contributed by atoms with Crippen LogP contribution < -0.4 is 5.73 Å². The Hall–Kier alpha value is -0.820. The maximum absolute atomic E-state index is 6.48. The molecule has 0 saturated heterocycles. The minimum atomic E-state index is 0.244. The zero-order chi connectivity index (χ0) is 13.7. The monoisotopic (exact) mass is 259 g/mol. The van der Waals surface area contributed by atoms with Crippen molar-refractivity contribution in [3.05, 3.63) is 35.4 Å². The van der Waals surface area contributed by atoms with Gasteiger partial charge in [-0.05, 0) is 42.2 Å². The fourth-order valence-corrected chi connectivity index (χ4v) is 3.49. The van der Waals surface area contributed by atoms with Crippen LogP contribution in [0.1, 0.15) is 69.5 Å². The highest BCUT2D eigenvalue weighted by Gasteiger charge is 2.25. The summed E-state index contributed by atoms with van der Waals surface area (Å²) in [6, 6.07) is 9.19. The van der Waals surface area contributed by atoms with Gasteiger partial charge in [0, 0.05) is 6.04 Å². The minimum absolute atomic E-state index is 0.244. The molecule has 0 radical (unpaired) electrons. The minimum Gasteiger partial charge on any atom is -0.324 e. The first-order chi connectivity index (χ1) is 9.24. The lowest BCUT2D eigenvalue weighted by molar-refractivity contribution is 0.234. The van der Waals surface area contributed by atoms with Gasteiger partial charge in [-0.2, -0.15) is 0 Å². The first-order valence-electron chi connectivity index (χ1n) is 8.09. The van der Waals surface area contributed by atoms with Crippen LogP contribution in [0.4, 0.5) is 0 Å². The highest BCUT2D eigenvalue weighted by Crippen LogP contribution is 2.37. The van der Waals surface area contributed by atoms with Crippen LogP contribution in [-0.4, -0.2) is 0 Å². The Labute approximate surface area is 118 Å². The predicted molar refractivity (Wildman–Crippen MR) is 83.1 cm³/mol. The van der Waals surface area contributed by atoms with E-state index in [9.17, 15) is 0 Å². The molecular formula is C18H29N. The fraction of sp³-hybridized carbons (Fsp3) is 0.667. The lowest BCUT2D eigenvalue weighted by Crippen LogP contribution is -2.26. The summed E-state index contributed by atoms with van der Waals surface area (Å²) < 4.78 is 0. The molecule has 1 heteroatoms. The number of rotatable bonds is 5. The zero-order valence-corrected chi connectivity index (χ0v) is 12.6. The Morgan fingerprint density at radius 1 is 1.05 bits per heavy atom. The second kappa shape index (κ2) is 7.09. The lowest BCUT2D eigenvalue weighted by Gasteiger charge is -2.32. The highest BCUT2D eigenvalue weighted by atomic mass is 14.7. The molecule has 1 fully saturated rings. The first kappa shape index (κ1) is 14.6. The summed E-state index contributed by atoms with van der Waals surface area (Å²) in [5.41, 5.74) is 9.22. The van der Waals surface area contributed by atoms with Gasteiger partial charge in [-0.15, -0.1) is 0 Å². The van der Waals surface area contributed by atoms with Crippen LogP contribution in [-0.2, 0) is 6.42 Å². The Bertz CT molecular complexity index is 360. The Morgan fingerprint density at radius 3 is 2.21 bits per heavy atom. The summed E-state index contributed by atoms with van der Waals surface area (Å²) >= 11 is 0. The average Bonchev–Trinajstić information content (AvgIpc) is 2.48. The van der Waals surface area contributed by atoms with Crippen LogP contribution >= 0.6 is 0 Å². The van der Waals surface area contributed by atoms with Crippen LogP contribution in [0, 0.1) is 11.8 Å². The van der Waals surface area contributed by atoms with Gasteiger partial charge in [0.05, 0.1) is 0 Å². The molecule has 0 spiro atoms. The van der Waals surface area contributed by atoms with E-state index in [2.05, 4.69) is 38.1 Å². The standard InChI is InChI=1S/C18H29N/c1-3-5-15-8-12-17(13-9-15)18(19)16-10-6-14(4-2)7-11-16/h6-7,10-11,15,17-18H,3-5,8-9,12-13,19H2,1-2H3. The van der Waals surface area contributed by atoms with Crippen molar-refractivity contribution in [1.29, 1.82) is 0 Å². The van der Waals surface area contributed by atoms with Gasteiger partial charge in [-0.1, -0.05) is 63.8 Å². The van der Waals surface area contributed by atoms with Crippen molar-refractivity contribution >= 4 is 0 Å². The van der Waals surface area contributed by atoms with Crippen molar-refractivity contribution in [2.24, 2.45) is 17.6 Å². The van der Waals surface area contributed by atoms with E-state index in [1.165, 1.54) is 49.7 Å². The van der Waals surface area contributed by atoms with Crippen molar-refractivity contribution in [2.75, 3.05) is 0 Å². The molecule has 2 N–H and O–H groups in total. The zero-order valence-electron chi connectivity index (χ0n) is 12.6. The van der Waals surface area contributed by atoms with E-state index in [1.54, 1.807) is 0 Å². The SMILES string of the molecule is CCCC1CCC(C(N)c2ccc(CC)cc2)CC1. The van der Waals surface area contributed by atoms with Crippen molar-refractivity contribution in [1.82, 2.24) is 0 Å². The smallest absolute Gasteiger partial charge is 0.0323 e. The number of aryl methyl sites for hydroxylation is 1. The molecule has 0 bridgehead atoms. The summed E-state index contributed by atoms with van der Waals surface area (Å²) in [6.07, 6.45) is 9.27. The molecule has 1 aromatic carbocycles. The molecule has 106 valence electrons. The molecule has 1 atom stereocenters. The molecule has 1 aliphatic rings. The number of hydrogen-bond acceptors (Lipinski definition) is 1. The molecule has 0 heterocycles. The molecule has 0 amide bonds. The summed E-state index contributed by atoms with van der Waals surface area (Å²) in [6.45, 7) is 4.50. The van der Waals surface area contributed by atoms with Gasteiger partial charge in [0.1, 0.15) is 0 Å². The van der Waals surface area contributed by atoms with Crippen LogP contribution in [0.25, 0.3) is 0 Å². The quantitative estimate of drug-likeness (QED) is 0.803. The van der Waals surface area contributed by atoms with Gasteiger partial charge in [-0.3, -0.25) is 0 Å². The lowest BCUT2D eigenvalue weighted by atomic mass is 9.76. The Balaban J connectivity index is 1.91. The molecule has 1 aromatic rings. The third-order valence-corrected chi connectivity index (χ3v) is 4.87. The van der Waals surface area contributed by atoms with E-state index in [4.69, 9.17) is 5.73 Å². The molecule has 19 heavy (non-hydrogen) atoms. The largest absolute Gasteiger partial charge is 0.324 e. The number of nitrogens with two attached hydrogens (primary N) is 1. The number of benzene rings is 1. The summed E-state index contributed by atoms with van der Waals surface area (Å²) in [5, 5.41) is 0. The average molecular weight is 259 g/mol. The van der Waals surface area contributed by atoms with Gasteiger partial charge in [0.25, 0.3) is 0 Å². The predicted octanol–water partition coefficient (Wildman–Crippen LogP) is 4.86. The molecule has 0 aromatic heterocycles. The molecule has 0 aliphatic heterocycles. The van der Waals surface area contributed by atoms with E-state index in [0.29, 0.717) is 5.92 Å². The van der Waals surface area contributed by atoms with Crippen LogP contribution in [0.2, 0.25) is 0 Å². The fourth-order valence-electron chi connectivity index (χ4n) is 3.49. The van der Waals surface area contributed by atoms with Crippen molar-refractivity contribution in [3.8, 4) is 0 Å². The first-order valence-corrected chi connectivity index (χ1v) is 8.09. The summed E-state index contributed by atoms with van der Waals surface area (Å²) in [4.78, 5) is 0. The highest BCUT2D eigenvalue weighted by molar-refractivity contribution is 5.25. The summed E-state index contributed by atoms with van der Waals surface area (Å²) in [7, 11) is 0. The molecule has 1 saturated carbocycles. The van der Waals surface area contributed by atoms with E-state index in [0.717, 1.165) is 12.3 Å². The molecule has 2 rings (SSSR count). The Kier molecular flexibility index (Phi) is 5.45. The van der Waals surface area contributed by atoms with Gasteiger partial charge >= 0.3 is 0 Å². The Morgan fingerprint density at radius 2 is 1.68 bits per heavy atom. The third-order valence-electron chi connectivity index (χ3n) is 4.87. The maximum Gasteiger partial charge on any atom is 0.0323 e. The van der Waals surface area contributed by atoms with Crippen molar-refractivity contribution < 1.29 is 0 Å². The van der Waals surface area contributed by atoms with Gasteiger partial charge < -0.3 is 5.73 Å². The second-order valence-corrected chi connectivity index (χ2v) is 6.19. The van der Waals surface area contributed by atoms with Crippen molar-refractivity contribution in [3.63, 3.8) is 0 Å². The maximum atomic E-state index is 6.48. The van der Waals surface area contributed by atoms with Gasteiger partial charge in [0.2, 0.25) is 0 Å². The van der Waals surface area contributed by atoms with E-state index in [1.807, 2.05) is 0 Å². The van der Waals surface area contributed by atoms with Crippen LogP contribution in [0.5, 0.6) is 0 Å². The molecule has 1 unspecified atom stereocenters. The second-order valence-electron chi connectivity index (χ2n) is 6.19. The normalized spacial score (nSPS) is 25.2. The van der Waals surface area contributed by atoms with Crippen molar-refractivity contribution in [2.45, 2.75) is 64.8 Å². The van der Waals surface area contributed by atoms with E-state index >= 15 is 0 Å². The molecule has 1 aliphatic carbocycles. The van der Waals surface area contributed by atoms with E-state index < -0.39 is 0 Å². The van der Waals surface area contributed by atoms with Crippen LogP contribution in [0.15, 0.2) is 24.3 Å². The summed E-state index contributed by atoms with van der Waals surface area (Å²) in [5.74, 6) is 1.66. The van der Waals surface area contributed by atoms with Gasteiger partial charge in [-0.25, -0.2) is 0 Å². The van der Waals surface area contributed by atoms with E-state index in [-0.39, 0.29) is 6.04 Å². The molecule has 1 nitrogen and oxygen atoms in total. The molecular weight excluding hydrogens is 230 g/mol.